The highest BCUT2D eigenvalue weighted by Crippen LogP contribution is 2.19. The fourth-order valence-corrected chi connectivity index (χ4v) is 3.50. The summed E-state index contributed by atoms with van der Waals surface area (Å²) in [4.78, 5) is 0. The van der Waals surface area contributed by atoms with Crippen LogP contribution in [0, 0.1) is 5.41 Å². The first-order valence-electron chi connectivity index (χ1n) is 5.23. The Bertz CT molecular complexity index is 277. The van der Waals surface area contributed by atoms with Crippen LogP contribution in [0.25, 0.3) is 0 Å². The van der Waals surface area contributed by atoms with Gasteiger partial charge in [-0.15, -0.1) is 0 Å². The van der Waals surface area contributed by atoms with Crippen LogP contribution in [0.5, 0.6) is 0 Å². The maximum Gasteiger partial charge on any atom is 0.154 e. The van der Waals surface area contributed by atoms with Gasteiger partial charge in [-0.3, -0.25) is 0 Å². The van der Waals surface area contributed by atoms with E-state index in [1.165, 1.54) is 0 Å². The van der Waals surface area contributed by atoms with E-state index in [1.54, 1.807) is 0 Å². The number of hydrogen-bond acceptors (Lipinski definition) is 3. The van der Waals surface area contributed by atoms with Crippen molar-refractivity contribution in [2.45, 2.75) is 38.9 Å². The zero-order chi connectivity index (χ0) is 10.8. The number of nitrogens with one attached hydrogen (secondary N) is 1. The molecular formula is C10H21NO2S. The molecule has 0 aromatic rings. The van der Waals surface area contributed by atoms with E-state index in [0.717, 1.165) is 19.4 Å². The lowest BCUT2D eigenvalue weighted by molar-refractivity contribution is 0.379. The summed E-state index contributed by atoms with van der Waals surface area (Å²) in [7, 11) is -2.77. The van der Waals surface area contributed by atoms with E-state index in [4.69, 9.17) is 0 Å². The Labute approximate surface area is 87.2 Å². The van der Waals surface area contributed by atoms with Crippen LogP contribution >= 0.6 is 0 Å². The SMILES string of the molecule is CC(C)(C)CNCC1CCCS1(=O)=O. The predicted octanol–water partition coefficient (Wildman–Crippen LogP) is 1.20. The maximum absolute atomic E-state index is 11.5. The molecule has 0 aromatic heterocycles. The van der Waals surface area contributed by atoms with Gasteiger partial charge in [0.15, 0.2) is 9.84 Å². The summed E-state index contributed by atoms with van der Waals surface area (Å²) >= 11 is 0. The van der Waals surface area contributed by atoms with Crippen molar-refractivity contribution < 1.29 is 8.42 Å². The predicted molar refractivity (Wildman–Crippen MR) is 59.1 cm³/mol. The van der Waals surface area contributed by atoms with E-state index >= 15 is 0 Å². The molecule has 1 saturated heterocycles. The summed E-state index contributed by atoms with van der Waals surface area (Å²) in [5.41, 5.74) is 0.225. The second-order valence-electron chi connectivity index (χ2n) is 5.32. The summed E-state index contributed by atoms with van der Waals surface area (Å²) in [6.07, 6.45) is 1.67. The van der Waals surface area contributed by atoms with E-state index in [1.807, 2.05) is 0 Å². The average molecular weight is 219 g/mol. The Morgan fingerprint density at radius 3 is 2.43 bits per heavy atom. The highest BCUT2D eigenvalue weighted by atomic mass is 32.2. The molecule has 1 unspecified atom stereocenters. The fourth-order valence-electron chi connectivity index (χ4n) is 1.70. The molecule has 3 nitrogen and oxygen atoms in total. The second-order valence-corrected chi connectivity index (χ2v) is 7.72. The molecule has 1 fully saturated rings. The van der Waals surface area contributed by atoms with Crippen LogP contribution in [0.15, 0.2) is 0 Å². The fraction of sp³-hybridized carbons (Fsp3) is 1.00. The van der Waals surface area contributed by atoms with Gasteiger partial charge in [0.1, 0.15) is 0 Å². The monoisotopic (exact) mass is 219 g/mol. The number of hydrogen-bond donors (Lipinski definition) is 1. The summed E-state index contributed by atoms with van der Waals surface area (Å²) in [6.45, 7) is 7.92. The molecule has 84 valence electrons. The zero-order valence-corrected chi connectivity index (χ0v) is 10.2. The smallest absolute Gasteiger partial charge is 0.154 e. The van der Waals surface area contributed by atoms with Crippen LogP contribution < -0.4 is 5.32 Å². The molecule has 0 saturated carbocycles. The number of sulfone groups is 1. The summed E-state index contributed by atoms with van der Waals surface area (Å²) < 4.78 is 23.0. The van der Waals surface area contributed by atoms with Crippen LogP contribution in [-0.4, -0.2) is 32.5 Å². The molecule has 0 amide bonds. The summed E-state index contributed by atoms with van der Waals surface area (Å²) in [5, 5.41) is 3.11. The molecule has 1 heterocycles. The third-order valence-electron chi connectivity index (χ3n) is 2.49. The maximum atomic E-state index is 11.5. The molecule has 1 atom stereocenters. The first-order valence-corrected chi connectivity index (χ1v) is 6.95. The third-order valence-corrected chi connectivity index (χ3v) is 4.77. The molecule has 0 aromatic carbocycles. The Balaban J connectivity index is 2.33. The highest BCUT2D eigenvalue weighted by Gasteiger charge is 2.30. The van der Waals surface area contributed by atoms with Crippen molar-refractivity contribution >= 4 is 9.84 Å². The molecule has 1 rings (SSSR count). The first kappa shape index (κ1) is 12.0. The van der Waals surface area contributed by atoms with Crippen molar-refractivity contribution in [1.29, 1.82) is 0 Å². The molecule has 4 heteroatoms. The minimum Gasteiger partial charge on any atom is -0.315 e. The van der Waals surface area contributed by atoms with Crippen molar-refractivity contribution in [1.82, 2.24) is 5.32 Å². The van der Waals surface area contributed by atoms with Crippen molar-refractivity contribution in [3.63, 3.8) is 0 Å². The molecule has 14 heavy (non-hydrogen) atoms. The largest absolute Gasteiger partial charge is 0.315 e. The standard InChI is InChI=1S/C10H21NO2S/c1-10(2,3)8-11-7-9-5-4-6-14(9,12)13/h9,11H,4-8H2,1-3H3. The molecule has 0 radical (unpaired) electrons. The lowest BCUT2D eigenvalue weighted by Gasteiger charge is -2.20. The summed E-state index contributed by atoms with van der Waals surface area (Å²) in [6, 6.07) is 0. The van der Waals surface area contributed by atoms with E-state index in [9.17, 15) is 8.42 Å². The van der Waals surface area contributed by atoms with Gasteiger partial charge in [0, 0.05) is 13.1 Å². The summed E-state index contributed by atoms with van der Waals surface area (Å²) in [5.74, 6) is 0.384. The van der Waals surface area contributed by atoms with Gasteiger partial charge in [0.05, 0.1) is 11.0 Å². The minimum atomic E-state index is -2.77. The molecule has 0 aliphatic carbocycles. The quantitative estimate of drug-likeness (QED) is 0.776. The lowest BCUT2D eigenvalue weighted by atomic mass is 9.97. The zero-order valence-electron chi connectivity index (χ0n) is 9.34. The first-order chi connectivity index (χ1) is 6.31. The van der Waals surface area contributed by atoms with Crippen LogP contribution in [0.4, 0.5) is 0 Å². The Hall–Kier alpha value is -0.0900. The van der Waals surface area contributed by atoms with Gasteiger partial charge < -0.3 is 5.32 Å². The second kappa shape index (κ2) is 4.19. The van der Waals surface area contributed by atoms with Crippen LogP contribution in [0.1, 0.15) is 33.6 Å². The van der Waals surface area contributed by atoms with Crippen molar-refractivity contribution in [2.24, 2.45) is 5.41 Å². The van der Waals surface area contributed by atoms with Crippen molar-refractivity contribution in [3.8, 4) is 0 Å². The van der Waals surface area contributed by atoms with Gasteiger partial charge in [-0.05, 0) is 18.3 Å². The number of rotatable bonds is 3. The van der Waals surface area contributed by atoms with Gasteiger partial charge in [0.25, 0.3) is 0 Å². The Morgan fingerprint density at radius 2 is 2.00 bits per heavy atom. The molecule has 0 spiro atoms. The third kappa shape index (κ3) is 3.58. The minimum absolute atomic E-state index is 0.134. The van der Waals surface area contributed by atoms with Gasteiger partial charge in [0.2, 0.25) is 0 Å². The van der Waals surface area contributed by atoms with Crippen molar-refractivity contribution in [2.75, 3.05) is 18.8 Å². The lowest BCUT2D eigenvalue weighted by Crippen LogP contribution is -2.35. The Kier molecular flexibility index (Phi) is 3.58. The van der Waals surface area contributed by atoms with E-state index < -0.39 is 9.84 Å². The van der Waals surface area contributed by atoms with E-state index in [2.05, 4.69) is 26.1 Å². The molecule has 1 N–H and O–H groups in total. The molecule has 0 bridgehead atoms. The molecule has 1 aliphatic heterocycles. The van der Waals surface area contributed by atoms with Gasteiger partial charge >= 0.3 is 0 Å². The van der Waals surface area contributed by atoms with Crippen LogP contribution in [0.2, 0.25) is 0 Å². The molecule has 1 aliphatic rings. The highest BCUT2D eigenvalue weighted by molar-refractivity contribution is 7.92. The topological polar surface area (TPSA) is 46.2 Å². The van der Waals surface area contributed by atoms with E-state index in [-0.39, 0.29) is 10.7 Å². The average Bonchev–Trinajstić information content (AvgIpc) is 2.28. The van der Waals surface area contributed by atoms with Gasteiger partial charge in [-0.25, -0.2) is 8.42 Å². The molecular weight excluding hydrogens is 198 g/mol. The Morgan fingerprint density at radius 1 is 1.36 bits per heavy atom. The van der Waals surface area contributed by atoms with Crippen molar-refractivity contribution in [3.05, 3.63) is 0 Å². The normalized spacial score (nSPS) is 26.6. The van der Waals surface area contributed by atoms with Gasteiger partial charge in [-0.1, -0.05) is 20.8 Å². The van der Waals surface area contributed by atoms with Crippen LogP contribution in [-0.2, 0) is 9.84 Å². The van der Waals surface area contributed by atoms with Crippen LogP contribution in [0.3, 0.4) is 0 Å². The van der Waals surface area contributed by atoms with E-state index in [0.29, 0.717) is 12.3 Å². The van der Waals surface area contributed by atoms with Gasteiger partial charge in [-0.2, -0.15) is 0 Å².